The van der Waals surface area contributed by atoms with E-state index in [4.69, 9.17) is 5.26 Å². The maximum atomic E-state index is 14.5. The van der Waals surface area contributed by atoms with E-state index >= 15 is 0 Å². The van der Waals surface area contributed by atoms with Gasteiger partial charge in [0.25, 0.3) is 0 Å². The lowest BCUT2D eigenvalue weighted by Crippen LogP contribution is -2.26. The second kappa shape index (κ2) is 6.97. The van der Waals surface area contributed by atoms with Gasteiger partial charge < -0.3 is 9.84 Å². The maximum absolute atomic E-state index is 14.5. The van der Waals surface area contributed by atoms with Crippen LogP contribution >= 0.6 is 0 Å². The molecule has 0 bridgehead atoms. The average molecular weight is 385 g/mol. The van der Waals surface area contributed by atoms with E-state index in [9.17, 15) is 27.5 Å². The highest BCUT2D eigenvalue weighted by atomic mass is 19.2. The summed E-state index contributed by atoms with van der Waals surface area (Å²) >= 11 is 0. The minimum absolute atomic E-state index is 0.241. The fraction of sp³-hybridized carbons (Fsp3) is 0.474. The minimum Gasteiger partial charge on any atom is -0.481 e. The first-order chi connectivity index (χ1) is 12.5. The number of carboxylic acid groups (broad SMARTS) is 1. The van der Waals surface area contributed by atoms with Crippen molar-refractivity contribution in [3.8, 4) is 6.07 Å². The van der Waals surface area contributed by atoms with E-state index < -0.39 is 70.1 Å². The first-order valence-corrected chi connectivity index (χ1v) is 8.11. The normalized spacial score (nSPS) is 23.8. The van der Waals surface area contributed by atoms with E-state index in [0.29, 0.717) is 0 Å². The number of ether oxygens (including phenoxy) is 1. The number of halogens is 4. The number of aliphatic carboxylic acids is 1. The van der Waals surface area contributed by atoms with Gasteiger partial charge in [-0.05, 0) is 18.8 Å². The Morgan fingerprint density at radius 1 is 1.19 bits per heavy atom. The first kappa shape index (κ1) is 20.9. The van der Waals surface area contributed by atoms with Crippen molar-refractivity contribution in [2.45, 2.75) is 33.8 Å². The Morgan fingerprint density at radius 2 is 1.67 bits per heavy atom. The number of carboxylic acids is 1. The monoisotopic (exact) mass is 385 g/mol. The zero-order valence-corrected chi connectivity index (χ0v) is 15.3. The summed E-state index contributed by atoms with van der Waals surface area (Å²) < 4.78 is 61.8. The van der Waals surface area contributed by atoms with Crippen molar-refractivity contribution in [1.29, 1.82) is 5.26 Å². The summed E-state index contributed by atoms with van der Waals surface area (Å²) in [5.74, 6) is -8.58. The van der Waals surface area contributed by atoms with Crippen LogP contribution in [0.1, 0.15) is 31.9 Å². The van der Waals surface area contributed by atoms with Gasteiger partial charge in [-0.15, -0.1) is 0 Å². The molecule has 1 aromatic rings. The molecule has 0 saturated heterocycles. The van der Waals surface area contributed by atoms with Crippen molar-refractivity contribution in [2.75, 3.05) is 7.11 Å². The van der Waals surface area contributed by atoms with Gasteiger partial charge in [0, 0.05) is 24.2 Å². The van der Waals surface area contributed by atoms with Crippen LogP contribution < -0.4 is 0 Å². The van der Waals surface area contributed by atoms with Crippen molar-refractivity contribution in [1.82, 2.24) is 0 Å². The van der Waals surface area contributed by atoms with Crippen molar-refractivity contribution in [3.05, 3.63) is 46.0 Å². The molecule has 8 heteroatoms. The molecule has 1 aliphatic rings. The second-order valence-electron chi connectivity index (χ2n) is 7.26. The number of hydrogen-bond acceptors (Lipinski definition) is 3. The van der Waals surface area contributed by atoms with Crippen molar-refractivity contribution < 1.29 is 32.2 Å². The highest BCUT2D eigenvalue weighted by molar-refractivity contribution is 5.82. The molecule has 1 fully saturated rings. The molecule has 146 valence electrons. The van der Waals surface area contributed by atoms with Gasteiger partial charge in [0.15, 0.2) is 23.3 Å². The second-order valence-corrected chi connectivity index (χ2v) is 7.26. The molecule has 2 rings (SSSR count). The fourth-order valence-electron chi connectivity index (χ4n) is 3.78. The van der Waals surface area contributed by atoms with Crippen LogP contribution in [-0.2, 0) is 22.6 Å². The molecule has 0 aromatic heterocycles. The summed E-state index contributed by atoms with van der Waals surface area (Å²) in [6.07, 6.45) is 0.657. The predicted molar refractivity (Wildman–Crippen MR) is 87.4 cm³/mol. The summed E-state index contributed by atoms with van der Waals surface area (Å²) in [4.78, 5) is 12.0. The molecular weight excluding hydrogens is 366 g/mol. The molecule has 2 unspecified atom stereocenters. The SMILES string of the molecule is COCc1c(F)c(F)c(CC2(C(=O)O)C(C=C(C)C#N)C2(C)C)c(F)c1F. The van der Waals surface area contributed by atoms with Gasteiger partial charge in [-0.25, -0.2) is 17.6 Å². The molecule has 27 heavy (non-hydrogen) atoms. The number of hydrogen-bond donors (Lipinski definition) is 1. The van der Waals surface area contributed by atoms with Gasteiger partial charge in [-0.1, -0.05) is 19.9 Å². The van der Waals surface area contributed by atoms with E-state index in [1.807, 2.05) is 6.07 Å². The Balaban J connectivity index is 2.61. The largest absolute Gasteiger partial charge is 0.481 e. The molecule has 1 aliphatic carbocycles. The Morgan fingerprint density at radius 3 is 2.07 bits per heavy atom. The van der Waals surface area contributed by atoms with Crippen LogP contribution in [-0.4, -0.2) is 18.2 Å². The lowest BCUT2D eigenvalue weighted by atomic mass is 9.87. The van der Waals surface area contributed by atoms with Gasteiger partial charge in [-0.2, -0.15) is 5.26 Å². The van der Waals surface area contributed by atoms with Gasteiger partial charge in [0.05, 0.1) is 23.7 Å². The predicted octanol–water partition coefficient (Wildman–Crippen LogP) is 4.13. The van der Waals surface area contributed by atoms with Gasteiger partial charge in [0.1, 0.15) is 0 Å². The number of rotatable bonds is 6. The standard InChI is InChI=1S/C19H19F4NO3/c1-9(7-24)5-12-18(2,3)19(12,17(25)26)6-10-13(20)15(22)11(8-27-4)16(23)14(10)21/h5,12H,6,8H2,1-4H3,(H,25,26). The highest BCUT2D eigenvalue weighted by Crippen LogP contribution is 2.71. The quantitative estimate of drug-likeness (QED) is 0.454. The van der Waals surface area contributed by atoms with Crippen LogP contribution in [0, 0.1) is 51.3 Å². The Hall–Kier alpha value is -2.40. The molecule has 0 spiro atoms. The summed E-state index contributed by atoms with van der Waals surface area (Å²) in [7, 11) is 1.11. The molecule has 1 N–H and O–H groups in total. The molecule has 0 radical (unpaired) electrons. The molecule has 2 atom stereocenters. The van der Waals surface area contributed by atoms with Crippen molar-refractivity contribution >= 4 is 5.97 Å². The number of nitrogens with zero attached hydrogens (tertiary/aromatic N) is 1. The molecule has 0 heterocycles. The molecule has 0 amide bonds. The van der Waals surface area contributed by atoms with Gasteiger partial charge in [0.2, 0.25) is 0 Å². The zero-order chi connectivity index (χ0) is 20.7. The van der Waals surface area contributed by atoms with Gasteiger partial charge in [-0.3, -0.25) is 4.79 Å². The molecule has 4 nitrogen and oxygen atoms in total. The smallest absolute Gasteiger partial charge is 0.311 e. The summed E-state index contributed by atoms with van der Waals surface area (Å²) in [5.41, 5.74) is -4.30. The number of allylic oxidation sites excluding steroid dienone is 2. The number of nitriles is 1. The Kier molecular flexibility index (Phi) is 5.39. The van der Waals surface area contributed by atoms with E-state index in [1.165, 1.54) is 13.0 Å². The maximum Gasteiger partial charge on any atom is 0.311 e. The fourth-order valence-corrected chi connectivity index (χ4v) is 3.78. The van der Waals surface area contributed by atoms with Crippen LogP contribution in [0.3, 0.4) is 0 Å². The van der Waals surface area contributed by atoms with Gasteiger partial charge >= 0.3 is 5.97 Å². The van der Waals surface area contributed by atoms with E-state index in [0.717, 1.165) is 7.11 Å². The highest BCUT2D eigenvalue weighted by Gasteiger charge is 2.74. The van der Waals surface area contributed by atoms with Crippen LogP contribution in [0.25, 0.3) is 0 Å². The summed E-state index contributed by atoms with van der Waals surface area (Å²) in [6.45, 7) is 3.93. The van der Waals surface area contributed by atoms with E-state index in [-0.39, 0.29) is 5.57 Å². The summed E-state index contributed by atoms with van der Waals surface area (Å²) in [5, 5.41) is 18.7. The van der Waals surface area contributed by atoms with E-state index in [1.54, 1.807) is 13.8 Å². The minimum atomic E-state index is -1.70. The first-order valence-electron chi connectivity index (χ1n) is 8.11. The van der Waals surface area contributed by atoms with Crippen molar-refractivity contribution in [3.63, 3.8) is 0 Å². The van der Waals surface area contributed by atoms with Crippen LogP contribution in [0.4, 0.5) is 17.6 Å². The summed E-state index contributed by atoms with van der Waals surface area (Å²) in [6, 6.07) is 1.86. The molecule has 1 saturated carbocycles. The molecule has 0 aliphatic heterocycles. The number of methoxy groups -OCH3 is 1. The third kappa shape index (κ3) is 3.00. The third-order valence-electron chi connectivity index (χ3n) is 5.54. The Bertz CT molecular complexity index is 844. The average Bonchev–Trinajstić information content (AvgIpc) is 3.08. The Labute approximate surface area is 154 Å². The molecular formula is C19H19F4NO3. The third-order valence-corrected chi connectivity index (χ3v) is 5.54. The zero-order valence-electron chi connectivity index (χ0n) is 15.3. The topological polar surface area (TPSA) is 70.3 Å². The molecule has 1 aromatic carbocycles. The lowest BCUT2D eigenvalue weighted by molar-refractivity contribution is -0.145. The van der Waals surface area contributed by atoms with Crippen molar-refractivity contribution in [2.24, 2.45) is 16.7 Å². The van der Waals surface area contributed by atoms with E-state index in [2.05, 4.69) is 4.74 Å². The van der Waals surface area contributed by atoms with Crippen LogP contribution in [0.15, 0.2) is 11.6 Å². The van der Waals surface area contributed by atoms with Crippen LogP contribution in [0.2, 0.25) is 0 Å². The lowest BCUT2D eigenvalue weighted by Gasteiger charge is -2.18. The number of benzene rings is 1. The van der Waals surface area contributed by atoms with Crippen LogP contribution in [0.5, 0.6) is 0 Å². The number of carbonyl (C=O) groups is 1.